The molecule has 5 heteroatoms. The van der Waals surface area contributed by atoms with Gasteiger partial charge in [-0.3, -0.25) is 0 Å². The van der Waals surface area contributed by atoms with E-state index in [0.29, 0.717) is 18.3 Å². The summed E-state index contributed by atoms with van der Waals surface area (Å²) in [7, 11) is 1.64. The molecule has 0 amide bonds. The van der Waals surface area contributed by atoms with Crippen LogP contribution in [0.15, 0.2) is 30.3 Å². The van der Waals surface area contributed by atoms with Gasteiger partial charge in [0.1, 0.15) is 24.0 Å². The molecule has 0 aliphatic rings. The summed E-state index contributed by atoms with van der Waals surface area (Å²) in [5.41, 5.74) is 6.79. The smallest absolute Gasteiger partial charge is 0.219 e. The van der Waals surface area contributed by atoms with E-state index in [-0.39, 0.29) is 0 Å². The van der Waals surface area contributed by atoms with Crippen molar-refractivity contribution in [3.8, 4) is 11.6 Å². The molecule has 0 atom stereocenters. The molecule has 1 heterocycles. The lowest BCUT2D eigenvalue weighted by atomic mass is 10.2. The molecular weight excluding hydrogens is 254 g/mol. The van der Waals surface area contributed by atoms with E-state index in [9.17, 15) is 0 Å². The Balaban J connectivity index is 2.02. The van der Waals surface area contributed by atoms with Crippen LogP contribution in [0, 0.1) is 0 Å². The van der Waals surface area contributed by atoms with Crippen LogP contribution in [0.25, 0.3) is 0 Å². The Morgan fingerprint density at radius 1 is 1.15 bits per heavy atom. The fourth-order valence-corrected chi connectivity index (χ4v) is 1.78. The molecule has 1 aromatic heterocycles. The molecule has 106 valence electrons. The van der Waals surface area contributed by atoms with Crippen molar-refractivity contribution < 1.29 is 9.47 Å². The predicted octanol–water partition coefficient (Wildman–Crippen LogP) is 2.60. The van der Waals surface area contributed by atoms with E-state index < -0.39 is 0 Å². The van der Waals surface area contributed by atoms with Crippen molar-refractivity contribution in [1.82, 2.24) is 9.97 Å². The van der Waals surface area contributed by atoms with E-state index in [0.717, 1.165) is 30.0 Å². The molecule has 1 aromatic carbocycles. The fourth-order valence-electron chi connectivity index (χ4n) is 1.78. The largest absolute Gasteiger partial charge is 0.497 e. The molecule has 20 heavy (non-hydrogen) atoms. The maximum atomic E-state index is 5.75. The number of aryl methyl sites for hydroxylation is 1. The third-order valence-electron chi connectivity index (χ3n) is 2.79. The van der Waals surface area contributed by atoms with Crippen LogP contribution in [0.4, 0.5) is 5.82 Å². The zero-order chi connectivity index (χ0) is 14.4. The third kappa shape index (κ3) is 3.85. The van der Waals surface area contributed by atoms with Crippen LogP contribution in [0.5, 0.6) is 11.6 Å². The normalized spacial score (nSPS) is 10.3. The number of rotatable bonds is 6. The number of methoxy groups -OCH3 is 1. The molecule has 0 radical (unpaired) electrons. The topological polar surface area (TPSA) is 70.3 Å². The number of hydrogen-bond acceptors (Lipinski definition) is 5. The Hall–Kier alpha value is -2.30. The Labute approximate surface area is 118 Å². The second kappa shape index (κ2) is 6.75. The Morgan fingerprint density at radius 2 is 1.90 bits per heavy atom. The van der Waals surface area contributed by atoms with Crippen LogP contribution in [-0.2, 0) is 13.0 Å². The van der Waals surface area contributed by atoms with Crippen molar-refractivity contribution in [3.63, 3.8) is 0 Å². The second-order valence-electron chi connectivity index (χ2n) is 4.43. The van der Waals surface area contributed by atoms with E-state index >= 15 is 0 Å². The van der Waals surface area contributed by atoms with Gasteiger partial charge in [-0.1, -0.05) is 19.1 Å². The number of aromatic nitrogens is 2. The van der Waals surface area contributed by atoms with Crippen LogP contribution in [-0.4, -0.2) is 17.1 Å². The number of nitrogens with two attached hydrogens (primary N) is 1. The van der Waals surface area contributed by atoms with Gasteiger partial charge in [-0.2, -0.15) is 4.98 Å². The summed E-state index contributed by atoms with van der Waals surface area (Å²) in [5, 5.41) is 0. The van der Waals surface area contributed by atoms with Crippen molar-refractivity contribution in [2.24, 2.45) is 0 Å². The first-order chi connectivity index (χ1) is 9.71. The molecule has 0 aliphatic carbocycles. The number of anilines is 1. The average Bonchev–Trinajstić information content (AvgIpc) is 2.45. The quantitative estimate of drug-likeness (QED) is 0.876. The van der Waals surface area contributed by atoms with Crippen molar-refractivity contribution in [2.75, 3.05) is 12.8 Å². The highest BCUT2D eigenvalue weighted by molar-refractivity contribution is 5.33. The van der Waals surface area contributed by atoms with Crippen LogP contribution in [0.3, 0.4) is 0 Å². The number of ether oxygens (including phenoxy) is 2. The molecule has 2 rings (SSSR count). The average molecular weight is 273 g/mol. The van der Waals surface area contributed by atoms with Gasteiger partial charge >= 0.3 is 0 Å². The van der Waals surface area contributed by atoms with Crippen molar-refractivity contribution in [2.45, 2.75) is 26.4 Å². The first kappa shape index (κ1) is 14.1. The summed E-state index contributed by atoms with van der Waals surface area (Å²) in [4.78, 5) is 8.51. The van der Waals surface area contributed by atoms with Gasteiger partial charge in [-0.15, -0.1) is 0 Å². The van der Waals surface area contributed by atoms with Gasteiger partial charge in [0.25, 0.3) is 0 Å². The van der Waals surface area contributed by atoms with E-state index in [4.69, 9.17) is 15.2 Å². The van der Waals surface area contributed by atoms with E-state index in [1.54, 1.807) is 13.2 Å². The molecule has 0 aliphatic heterocycles. The lowest BCUT2D eigenvalue weighted by Crippen LogP contribution is -2.04. The van der Waals surface area contributed by atoms with Crippen molar-refractivity contribution >= 4 is 5.82 Å². The zero-order valence-corrected chi connectivity index (χ0v) is 11.8. The van der Waals surface area contributed by atoms with Gasteiger partial charge in [0, 0.05) is 12.5 Å². The van der Waals surface area contributed by atoms with Crippen LogP contribution < -0.4 is 15.2 Å². The lowest BCUT2D eigenvalue weighted by molar-refractivity contribution is 0.292. The van der Waals surface area contributed by atoms with Gasteiger partial charge in [-0.25, -0.2) is 4.98 Å². The minimum absolute atomic E-state index is 0.437. The lowest BCUT2D eigenvalue weighted by Gasteiger charge is -2.08. The molecule has 2 aromatic rings. The monoisotopic (exact) mass is 273 g/mol. The van der Waals surface area contributed by atoms with E-state index in [1.165, 1.54) is 0 Å². The van der Waals surface area contributed by atoms with Crippen LogP contribution >= 0.6 is 0 Å². The highest BCUT2D eigenvalue weighted by Crippen LogP contribution is 2.16. The molecule has 0 unspecified atom stereocenters. The maximum absolute atomic E-state index is 5.75. The molecule has 0 fully saturated rings. The van der Waals surface area contributed by atoms with Crippen LogP contribution in [0.2, 0.25) is 0 Å². The number of nitrogen functional groups attached to an aromatic ring is 1. The Kier molecular flexibility index (Phi) is 4.76. The van der Waals surface area contributed by atoms with E-state index in [2.05, 4.69) is 16.9 Å². The molecular formula is C15H19N3O2. The summed E-state index contributed by atoms with van der Waals surface area (Å²) in [6.45, 7) is 2.51. The van der Waals surface area contributed by atoms with Crippen molar-refractivity contribution in [3.05, 3.63) is 41.7 Å². The summed E-state index contributed by atoms with van der Waals surface area (Å²) >= 11 is 0. The summed E-state index contributed by atoms with van der Waals surface area (Å²) in [5.74, 6) is 2.49. The minimum atomic E-state index is 0.437. The maximum Gasteiger partial charge on any atom is 0.219 e. The highest BCUT2D eigenvalue weighted by Gasteiger charge is 2.04. The van der Waals surface area contributed by atoms with Crippen molar-refractivity contribution in [1.29, 1.82) is 0 Å². The number of benzene rings is 1. The number of nitrogens with zero attached hydrogens (tertiary/aromatic N) is 2. The summed E-state index contributed by atoms with van der Waals surface area (Å²) in [6.07, 6.45) is 1.77. The van der Waals surface area contributed by atoms with Gasteiger partial charge < -0.3 is 15.2 Å². The minimum Gasteiger partial charge on any atom is -0.497 e. The highest BCUT2D eigenvalue weighted by atomic mass is 16.5. The van der Waals surface area contributed by atoms with Crippen LogP contribution in [0.1, 0.15) is 24.7 Å². The molecule has 0 spiro atoms. The molecule has 0 saturated carbocycles. The summed E-state index contributed by atoms with van der Waals surface area (Å²) in [6, 6.07) is 9.35. The standard InChI is InChI=1S/C15H19N3O2/c1-3-4-14-17-13(16)9-15(18-14)20-10-11-5-7-12(19-2)8-6-11/h5-9H,3-4,10H2,1-2H3,(H2,16,17,18). The predicted molar refractivity (Wildman–Crippen MR) is 77.8 cm³/mol. The fraction of sp³-hybridized carbons (Fsp3) is 0.333. The third-order valence-corrected chi connectivity index (χ3v) is 2.79. The first-order valence-corrected chi connectivity index (χ1v) is 6.60. The van der Waals surface area contributed by atoms with Gasteiger partial charge in [0.2, 0.25) is 5.88 Å². The first-order valence-electron chi connectivity index (χ1n) is 6.60. The molecule has 5 nitrogen and oxygen atoms in total. The second-order valence-corrected chi connectivity index (χ2v) is 4.43. The molecule has 0 bridgehead atoms. The van der Waals surface area contributed by atoms with E-state index in [1.807, 2.05) is 24.3 Å². The molecule has 2 N–H and O–H groups in total. The van der Waals surface area contributed by atoms with Gasteiger partial charge in [-0.05, 0) is 24.1 Å². The molecule has 0 saturated heterocycles. The Morgan fingerprint density at radius 3 is 2.55 bits per heavy atom. The SMILES string of the molecule is CCCc1nc(N)cc(OCc2ccc(OC)cc2)n1. The summed E-state index contributed by atoms with van der Waals surface area (Å²) < 4.78 is 10.8. The van der Waals surface area contributed by atoms with Gasteiger partial charge in [0.05, 0.1) is 7.11 Å². The zero-order valence-electron chi connectivity index (χ0n) is 11.8. The Bertz CT molecular complexity index is 556. The van der Waals surface area contributed by atoms with Gasteiger partial charge in [0.15, 0.2) is 0 Å². The number of hydrogen-bond donors (Lipinski definition) is 1.